The second-order valence-corrected chi connectivity index (χ2v) is 8.50. The number of hydrogen-bond donors (Lipinski definition) is 0. The fourth-order valence-corrected chi connectivity index (χ4v) is 4.92. The van der Waals surface area contributed by atoms with Crippen molar-refractivity contribution in [3.8, 4) is 5.75 Å². The number of methoxy groups -OCH3 is 1. The SMILES string of the molecule is COc1cccc(C2=NC(C)=C(c3ccccc3)C3(CC3)N2CCc2ccccc2)c1F. The average Bonchev–Trinajstić information content (AvgIpc) is 3.60. The van der Waals surface area contributed by atoms with Crippen LogP contribution in [0.3, 0.4) is 0 Å². The highest BCUT2D eigenvalue weighted by molar-refractivity contribution is 6.04. The largest absolute Gasteiger partial charge is 0.494 e. The van der Waals surface area contributed by atoms with Gasteiger partial charge in [0.1, 0.15) is 5.84 Å². The molecule has 0 saturated heterocycles. The third-order valence-electron chi connectivity index (χ3n) is 6.55. The van der Waals surface area contributed by atoms with Gasteiger partial charge in [-0.25, -0.2) is 9.38 Å². The summed E-state index contributed by atoms with van der Waals surface area (Å²) in [6, 6.07) is 26.2. The average molecular weight is 427 g/mol. The number of allylic oxidation sites excluding steroid dienone is 1. The predicted octanol–water partition coefficient (Wildman–Crippen LogP) is 6.10. The summed E-state index contributed by atoms with van der Waals surface area (Å²) in [6.45, 7) is 2.82. The first-order valence-electron chi connectivity index (χ1n) is 11.1. The zero-order valence-corrected chi connectivity index (χ0v) is 18.5. The predicted molar refractivity (Wildman–Crippen MR) is 127 cm³/mol. The van der Waals surface area contributed by atoms with Crippen molar-refractivity contribution in [1.29, 1.82) is 0 Å². The highest BCUT2D eigenvalue weighted by atomic mass is 19.1. The van der Waals surface area contributed by atoms with Gasteiger partial charge in [-0.15, -0.1) is 0 Å². The first-order valence-corrected chi connectivity index (χ1v) is 11.1. The van der Waals surface area contributed by atoms with E-state index in [4.69, 9.17) is 9.73 Å². The van der Waals surface area contributed by atoms with Crippen LogP contribution in [-0.2, 0) is 6.42 Å². The molecule has 1 fully saturated rings. The Labute approximate surface area is 188 Å². The lowest BCUT2D eigenvalue weighted by Gasteiger charge is -2.40. The Kier molecular flexibility index (Phi) is 5.30. The first kappa shape index (κ1) is 20.5. The lowest BCUT2D eigenvalue weighted by atomic mass is 9.90. The summed E-state index contributed by atoms with van der Waals surface area (Å²) in [7, 11) is 1.50. The zero-order valence-electron chi connectivity index (χ0n) is 18.5. The topological polar surface area (TPSA) is 24.8 Å². The van der Waals surface area contributed by atoms with Crippen LogP contribution in [0.1, 0.15) is 36.5 Å². The molecule has 0 bridgehead atoms. The molecule has 0 unspecified atom stereocenters. The molecule has 1 saturated carbocycles. The number of rotatable bonds is 6. The molecule has 0 amide bonds. The summed E-state index contributed by atoms with van der Waals surface area (Å²) < 4.78 is 20.6. The van der Waals surface area contributed by atoms with Gasteiger partial charge in [0.2, 0.25) is 0 Å². The second kappa shape index (κ2) is 8.27. The number of ether oxygens (including phenoxy) is 1. The van der Waals surface area contributed by atoms with Crippen molar-refractivity contribution in [3.63, 3.8) is 0 Å². The monoisotopic (exact) mass is 426 g/mol. The van der Waals surface area contributed by atoms with E-state index in [-0.39, 0.29) is 17.1 Å². The third kappa shape index (κ3) is 3.50. The van der Waals surface area contributed by atoms with Crippen LogP contribution in [0.4, 0.5) is 4.39 Å². The van der Waals surface area contributed by atoms with Gasteiger partial charge < -0.3 is 9.64 Å². The summed E-state index contributed by atoms with van der Waals surface area (Å²) in [4.78, 5) is 7.34. The van der Waals surface area contributed by atoms with Crippen molar-refractivity contribution in [2.45, 2.75) is 31.7 Å². The zero-order chi connectivity index (χ0) is 22.1. The van der Waals surface area contributed by atoms with Crippen molar-refractivity contribution >= 4 is 11.4 Å². The smallest absolute Gasteiger partial charge is 0.175 e. The molecule has 1 aliphatic heterocycles. The molecule has 1 spiro atoms. The number of hydrogen-bond acceptors (Lipinski definition) is 3. The fraction of sp³-hybridized carbons (Fsp3) is 0.250. The summed E-state index contributed by atoms with van der Waals surface area (Å²) in [5.74, 6) is 0.589. The van der Waals surface area contributed by atoms with E-state index < -0.39 is 0 Å². The van der Waals surface area contributed by atoms with Crippen LogP contribution in [0.25, 0.3) is 5.57 Å². The van der Waals surface area contributed by atoms with Crippen molar-refractivity contribution in [3.05, 3.63) is 107 Å². The maximum Gasteiger partial charge on any atom is 0.175 e. The van der Waals surface area contributed by atoms with Gasteiger partial charge in [0, 0.05) is 17.8 Å². The Morgan fingerprint density at radius 3 is 2.28 bits per heavy atom. The van der Waals surface area contributed by atoms with Gasteiger partial charge in [-0.1, -0.05) is 66.7 Å². The molecule has 2 aliphatic rings. The molecule has 3 aromatic rings. The second-order valence-electron chi connectivity index (χ2n) is 8.50. The lowest BCUT2D eigenvalue weighted by molar-refractivity contribution is 0.344. The van der Waals surface area contributed by atoms with Gasteiger partial charge in [0.05, 0.1) is 18.2 Å². The van der Waals surface area contributed by atoms with E-state index in [1.807, 2.05) is 24.3 Å². The number of aliphatic imine (C=N–C) groups is 1. The normalized spacial score (nSPS) is 16.8. The third-order valence-corrected chi connectivity index (χ3v) is 6.55. The van der Waals surface area contributed by atoms with Gasteiger partial charge in [0.15, 0.2) is 11.6 Å². The first-order chi connectivity index (χ1) is 15.6. The molecule has 1 aliphatic carbocycles. The minimum Gasteiger partial charge on any atom is -0.494 e. The van der Waals surface area contributed by atoms with Gasteiger partial charge in [0.25, 0.3) is 0 Å². The van der Waals surface area contributed by atoms with Crippen LogP contribution in [-0.4, -0.2) is 29.9 Å². The van der Waals surface area contributed by atoms with Gasteiger partial charge in [-0.2, -0.15) is 0 Å². The number of halogens is 1. The van der Waals surface area contributed by atoms with Gasteiger partial charge in [-0.3, -0.25) is 0 Å². The van der Waals surface area contributed by atoms with Crippen LogP contribution in [0, 0.1) is 5.82 Å². The van der Waals surface area contributed by atoms with Crippen molar-refractivity contribution < 1.29 is 9.13 Å². The van der Waals surface area contributed by atoms with E-state index in [2.05, 4.69) is 60.4 Å². The van der Waals surface area contributed by atoms with Crippen molar-refractivity contribution in [2.75, 3.05) is 13.7 Å². The Hall–Kier alpha value is -3.40. The Morgan fingerprint density at radius 1 is 0.938 bits per heavy atom. The lowest BCUT2D eigenvalue weighted by Crippen LogP contribution is -2.47. The standard InChI is InChI=1S/C28H27FN2O/c1-20-25(22-12-7-4-8-13-22)28(17-18-28)31(19-16-21-10-5-3-6-11-21)27(30-20)23-14-9-15-24(32-2)26(23)29/h3-15H,16-19H2,1-2H3. The fourth-order valence-electron chi connectivity index (χ4n) is 4.92. The quantitative estimate of drug-likeness (QED) is 0.476. The highest BCUT2D eigenvalue weighted by Crippen LogP contribution is 2.55. The van der Waals surface area contributed by atoms with Crippen LogP contribution < -0.4 is 4.74 Å². The summed E-state index contributed by atoms with van der Waals surface area (Å²) in [5, 5.41) is 0. The van der Waals surface area contributed by atoms with Crippen molar-refractivity contribution in [2.24, 2.45) is 4.99 Å². The number of benzene rings is 3. The molecule has 3 aromatic carbocycles. The Bertz CT molecular complexity index is 1180. The Balaban J connectivity index is 1.63. The van der Waals surface area contributed by atoms with Crippen LogP contribution in [0.2, 0.25) is 0 Å². The molecular weight excluding hydrogens is 399 g/mol. The van der Waals surface area contributed by atoms with Crippen LogP contribution in [0.5, 0.6) is 5.75 Å². The van der Waals surface area contributed by atoms with Crippen LogP contribution >= 0.6 is 0 Å². The van der Waals surface area contributed by atoms with Gasteiger partial charge >= 0.3 is 0 Å². The molecule has 1 heterocycles. The number of nitrogens with zero attached hydrogens (tertiary/aromatic N) is 2. The molecule has 4 heteroatoms. The maximum absolute atomic E-state index is 15.4. The molecule has 162 valence electrons. The van der Waals surface area contributed by atoms with E-state index in [0.29, 0.717) is 11.4 Å². The highest BCUT2D eigenvalue weighted by Gasteiger charge is 2.55. The van der Waals surface area contributed by atoms with E-state index in [1.54, 1.807) is 6.07 Å². The molecular formula is C28H27FN2O. The van der Waals surface area contributed by atoms with Crippen LogP contribution in [0.15, 0.2) is 89.6 Å². The molecule has 5 rings (SSSR count). The van der Waals surface area contributed by atoms with E-state index >= 15 is 4.39 Å². The molecule has 3 nitrogen and oxygen atoms in total. The maximum atomic E-state index is 15.4. The minimum atomic E-state index is -0.356. The summed E-state index contributed by atoms with van der Waals surface area (Å²) in [5.41, 5.74) is 5.03. The summed E-state index contributed by atoms with van der Waals surface area (Å²) >= 11 is 0. The minimum absolute atomic E-state index is 0.146. The molecule has 0 atom stereocenters. The molecule has 0 aromatic heterocycles. The van der Waals surface area contributed by atoms with E-state index in [9.17, 15) is 0 Å². The van der Waals surface area contributed by atoms with Gasteiger partial charge in [-0.05, 0) is 49.4 Å². The molecule has 32 heavy (non-hydrogen) atoms. The molecule has 0 N–H and O–H groups in total. The van der Waals surface area contributed by atoms with E-state index in [0.717, 1.165) is 31.5 Å². The number of amidine groups is 1. The molecule has 0 radical (unpaired) electrons. The van der Waals surface area contributed by atoms with Crippen molar-refractivity contribution in [1.82, 2.24) is 4.90 Å². The Morgan fingerprint density at radius 2 is 1.62 bits per heavy atom. The van der Waals surface area contributed by atoms with E-state index in [1.165, 1.54) is 23.8 Å². The summed E-state index contributed by atoms with van der Waals surface area (Å²) in [6.07, 6.45) is 2.94.